The number of nitriles is 1. The van der Waals surface area contributed by atoms with E-state index >= 15 is 4.39 Å². The number of carbonyl (C=O) groups is 4. The number of nitrogens with zero attached hydrogens (tertiary/aromatic N) is 8. The summed E-state index contributed by atoms with van der Waals surface area (Å²) in [6.07, 6.45) is 5.21. The van der Waals surface area contributed by atoms with Gasteiger partial charge < -0.3 is 19.3 Å². The predicted molar refractivity (Wildman–Crippen MR) is 246 cm³/mol. The van der Waals surface area contributed by atoms with Gasteiger partial charge in [-0.05, 0) is 86.8 Å². The first kappa shape index (κ1) is 45.8. The third-order valence-corrected chi connectivity index (χ3v) is 15.2. The van der Waals surface area contributed by atoms with E-state index in [2.05, 4.69) is 27.1 Å². The van der Waals surface area contributed by atoms with Crippen molar-refractivity contribution in [1.29, 1.82) is 5.26 Å². The van der Waals surface area contributed by atoms with Gasteiger partial charge in [-0.3, -0.25) is 43.3 Å². The van der Waals surface area contributed by atoms with Gasteiger partial charge in [0.2, 0.25) is 11.8 Å². The van der Waals surface area contributed by atoms with Crippen molar-refractivity contribution in [3.05, 3.63) is 106 Å². The van der Waals surface area contributed by atoms with Gasteiger partial charge in [-0.25, -0.2) is 18.7 Å². The van der Waals surface area contributed by atoms with E-state index in [4.69, 9.17) is 14.5 Å². The molecule has 2 N–H and O–H groups in total. The Hall–Kier alpha value is -6.99. The summed E-state index contributed by atoms with van der Waals surface area (Å²) in [5.41, 5.74) is 0.352. The maximum atomic E-state index is 15.3. The molecule has 0 bridgehead atoms. The average Bonchev–Trinajstić information content (AvgIpc) is 3.84. The number of alkyl halides is 1. The molecule has 18 nitrogen and oxygen atoms in total. The molecule has 21 heteroatoms. The van der Waals surface area contributed by atoms with E-state index in [1.54, 1.807) is 30.5 Å². The SMILES string of the molecule is CN(CC1CCN(c2ccc(-n3cnc4ccc(Oc5c(F)ccc([N+]6(S(=O)O)CC[C@@H](F)C6)c5C#N)cc4c3=O)cn2)CC1)C1CC(Oc2ccc3c(c2)C(=O)N(C2CCC(=O)NC2=O)C3=O)C1. The molecular weight excluding hydrogens is 917 g/mol. The van der Waals surface area contributed by atoms with E-state index in [1.807, 2.05) is 12.1 Å². The van der Waals surface area contributed by atoms with Gasteiger partial charge in [-0.1, -0.05) is 0 Å². The first-order chi connectivity index (χ1) is 33.2. The molecule has 3 aromatic carbocycles. The van der Waals surface area contributed by atoms with Crippen LogP contribution in [0.2, 0.25) is 0 Å². The standard InChI is InChI=1S/C48H45F2N9O9S/c1-55(30-18-33(19-30)67-31-3-5-34-35(20-31)48(64)58(47(34)63)40-8-11-43(60)54-45(40)61)24-27-12-15-56(16-13-27)42-10-2-29(23-52-42)57-26-53-39-7-4-32(21-36(39)46(57)62)68-44-37(22-51)41(9-6-38(44)50)59(69(65)66)17-14-28(49)25-59/h2-7,9-10,20-21,23,26-28,30,33,40H,8,11-19,24-25H2,1H3,(H-,54,60,61,65,66)/p+1/t28-,30?,33?,40?,59?/m1/s1. The Bertz CT molecular complexity index is 3060. The summed E-state index contributed by atoms with van der Waals surface area (Å²) < 4.78 is 65.0. The number of carbonyl (C=O) groups excluding carboxylic acids is 4. The summed E-state index contributed by atoms with van der Waals surface area (Å²) in [7, 11) is 2.12. The van der Waals surface area contributed by atoms with Crippen molar-refractivity contribution >= 4 is 57.3 Å². The number of hydrogen-bond donors (Lipinski definition) is 2. The molecule has 3 unspecified atom stereocenters. The van der Waals surface area contributed by atoms with Crippen LogP contribution in [0.25, 0.3) is 16.6 Å². The van der Waals surface area contributed by atoms with Crippen molar-refractivity contribution < 1.29 is 46.2 Å². The molecular formula is C48H46F2N9O9S+. The van der Waals surface area contributed by atoms with Gasteiger partial charge in [0.25, 0.3) is 17.4 Å². The summed E-state index contributed by atoms with van der Waals surface area (Å²) >= 11 is -2.62. The molecule has 1 aliphatic carbocycles. The van der Waals surface area contributed by atoms with Crippen molar-refractivity contribution in [2.45, 2.75) is 69.3 Å². The second kappa shape index (κ2) is 18.2. The van der Waals surface area contributed by atoms with E-state index in [9.17, 15) is 42.4 Å². The zero-order valence-corrected chi connectivity index (χ0v) is 38.1. The number of quaternary nitrogens is 1. The molecule has 2 aromatic heterocycles. The Morgan fingerprint density at radius 1 is 0.957 bits per heavy atom. The van der Waals surface area contributed by atoms with Crippen LogP contribution in [0.1, 0.15) is 71.2 Å². The van der Waals surface area contributed by atoms with Gasteiger partial charge in [-0.2, -0.15) is 13.4 Å². The van der Waals surface area contributed by atoms with Crippen molar-refractivity contribution in [1.82, 2.24) is 33.5 Å². The van der Waals surface area contributed by atoms with Gasteiger partial charge in [-0.15, -0.1) is 0 Å². The first-order valence-electron chi connectivity index (χ1n) is 22.7. The highest BCUT2D eigenvalue weighted by Crippen LogP contribution is 2.42. The highest BCUT2D eigenvalue weighted by atomic mass is 32.2. The third-order valence-electron chi connectivity index (χ3n) is 14.1. The summed E-state index contributed by atoms with van der Waals surface area (Å²) in [6, 6.07) is 16.2. The predicted octanol–water partition coefficient (Wildman–Crippen LogP) is 4.93. The molecule has 4 amide bonds. The third kappa shape index (κ3) is 8.40. The Morgan fingerprint density at radius 3 is 2.42 bits per heavy atom. The van der Waals surface area contributed by atoms with Gasteiger partial charge >= 0.3 is 11.3 Å². The fourth-order valence-electron chi connectivity index (χ4n) is 10.2. The van der Waals surface area contributed by atoms with E-state index in [0.717, 1.165) is 62.1 Å². The molecule has 3 saturated heterocycles. The minimum absolute atomic E-state index is 0.00935. The number of nitrogens with one attached hydrogen (secondary N) is 1. The lowest BCUT2D eigenvalue weighted by molar-refractivity contribution is -0.136. The lowest BCUT2D eigenvalue weighted by atomic mass is 9.86. The molecule has 5 aliphatic rings. The van der Waals surface area contributed by atoms with Crippen LogP contribution in [-0.4, -0.2) is 121 Å². The van der Waals surface area contributed by atoms with Crippen LogP contribution < -0.4 is 29.1 Å². The summed E-state index contributed by atoms with van der Waals surface area (Å²) in [6.45, 7) is 2.08. The number of anilines is 1. The van der Waals surface area contributed by atoms with Crippen LogP contribution in [0.15, 0.2) is 78.0 Å². The lowest BCUT2D eigenvalue weighted by Crippen LogP contribution is -2.54. The second-order valence-corrected chi connectivity index (χ2v) is 19.4. The van der Waals surface area contributed by atoms with E-state index < -0.39 is 68.1 Å². The van der Waals surface area contributed by atoms with Gasteiger partial charge in [0, 0.05) is 57.4 Å². The summed E-state index contributed by atoms with van der Waals surface area (Å²) in [5, 5.41) is 12.4. The number of piperidine rings is 2. The van der Waals surface area contributed by atoms with Crippen LogP contribution in [-0.2, 0) is 20.9 Å². The minimum atomic E-state index is -2.62. The maximum Gasteiger partial charge on any atom is 0.363 e. The molecule has 4 atom stereocenters. The van der Waals surface area contributed by atoms with E-state index in [0.29, 0.717) is 28.9 Å². The van der Waals surface area contributed by atoms with Crippen LogP contribution in [0.3, 0.4) is 0 Å². The Labute approximate surface area is 396 Å². The number of rotatable bonds is 12. The van der Waals surface area contributed by atoms with Crippen LogP contribution in [0.4, 0.5) is 20.3 Å². The largest absolute Gasteiger partial charge is 0.490 e. The number of imide groups is 2. The Morgan fingerprint density at radius 2 is 1.72 bits per heavy atom. The van der Waals surface area contributed by atoms with Gasteiger partial charge in [0.1, 0.15) is 54.9 Å². The molecule has 0 spiro atoms. The number of ether oxygens (including phenoxy) is 2. The summed E-state index contributed by atoms with van der Waals surface area (Å²) in [4.78, 5) is 78.9. The summed E-state index contributed by atoms with van der Waals surface area (Å²) in [5.74, 6) is -1.91. The topological polar surface area (TPSA) is 217 Å². The van der Waals surface area contributed by atoms with Crippen molar-refractivity contribution in [2.75, 3.05) is 44.7 Å². The lowest BCUT2D eigenvalue weighted by Gasteiger charge is -2.43. The molecule has 10 rings (SSSR count). The highest BCUT2D eigenvalue weighted by molar-refractivity contribution is 7.78. The van der Waals surface area contributed by atoms with Gasteiger partial charge in [0.15, 0.2) is 29.0 Å². The van der Waals surface area contributed by atoms with Crippen LogP contribution >= 0.6 is 0 Å². The molecule has 0 radical (unpaired) electrons. The average molecular weight is 963 g/mol. The second-order valence-electron chi connectivity index (χ2n) is 18.3. The van der Waals surface area contributed by atoms with Gasteiger partial charge in [0.05, 0.1) is 33.9 Å². The smallest absolute Gasteiger partial charge is 0.363 e. The first-order valence-corrected chi connectivity index (χ1v) is 23.8. The zero-order chi connectivity index (χ0) is 48.3. The maximum absolute atomic E-state index is 15.3. The van der Waals surface area contributed by atoms with Crippen LogP contribution in [0, 0.1) is 23.1 Å². The zero-order valence-electron chi connectivity index (χ0n) is 37.3. The fourth-order valence-corrected chi connectivity index (χ4v) is 11.0. The molecule has 6 heterocycles. The minimum Gasteiger partial charge on any atom is -0.490 e. The van der Waals surface area contributed by atoms with E-state index in [-0.39, 0.29) is 72.0 Å². The Kier molecular flexibility index (Phi) is 12.0. The highest BCUT2D eigenvalue weighted by Gasteiger charge is 2.49. The number of halogens is 2. The van der Waals surface area contributed by atoms with Crippen molar-refractivity contribution in [3.8, 4) is 29.0 Å². The molecule has 4 fully saturated rings. The molecule has 1 saturated carbocycles. The number of pyridine rings is 1. The molecule has 69 heavy (non-hydrogen) atoms. The Balaban J connectivity index is 0.729. The number of fused-ring (bicyclic) bond motifs is 2. The molecule has 4 aliphatic heterocycles. The quantitative estimate of drug-likeness (QED) is 0.0964. The fraction of sp³-hybridized carbons (Fsp3) is 0.375. The molecule has 356 valence electrons. The van der Waals surface area contributed by atoms with Crippen molar-refractivity contribution in [3.63, 3.8) is 0 Å². The number of benzene rings is 3. The van der Waals surface area contributed by atoms with Crippen molar-refractivity contribution in [2.24, 2.45) is 5.92 Å². The monoisotopic (exact) mass is 962 g/mol. The number of aromatic nitrogens is 3. The number of amides is 4. The van der Waals surface area contributed by atoms with E-state index in [1.165, 1.54) is 35.2 Å². The van der Waals surface area contributed by atoms with Crippen LogP contribution in [0.5, 0.6) is 17.2 Å². The normalized spacial score (nSPS) is 24.3. The molecule has 5 aromatic rings. The number of hydrogen-bond acceptors (Lipinski definition) is 13.